The van der Waals surface area contributed by atoms with Crippen molar-refractivity contribution in [2.75, 3.05) is 5.32 Å². The van der Waals surface area contributed by atoms with Gasteiger partial charge in [0.2, 0.25) is 0 Å². The van der Waals surface area contributed by atoms with E-state index in [-0.39, 0.29) is 0 Å². The summed E-state index contributed by atoms with van der Waals surface area (Å²) in [6.45, 7) is 5.23. The van der Waals surface area contributed by atoms with Crippen molar-refractivity contribution in [3.05, 3.63) is 47.8 Å². The van der Waals surface area contributed by atoms with E-state index in [0.29, 0.717) is 12.0 Å². The quantitative estimate of drug-likeness (QED) is 0.859. The molecule has 1 fully saturated rings. The van der Waals surface area contributed by atoms with Gasteiger partial charge in [0, 0.05) is 11.9 Å². The molecular weight excluding hydrogens is 258 g/mol. The molecule has 0 radical (unpaired) electrons. The predicted molar refractivity (Wildman–Crippen MR) is 87.6 cm³/mol. The molecule has 2 aromatic rings. The fourth-order valence-corrected chi connectivity index (χ4v) is 3.02. The maximum atomic E-state index is 4.71. The molecule has 112 valence electrons. The zero-order valence-corrected chi connectivity index (χ0v) is 13.0. The van der Waals surface area contributed by atoms with Crippen LogP contribution in [0.1, 0.15) is 62.7 Å². The van der Waals surface area contributed by atoms with Crippen molar-refractivity contribution < 1.29 is 0 Å². The van der Waals surface area contributed by atoms with Gasteiger partial charge in [0.1, 0.15) is 0 Å². The first-order valence-electron chi connectivity index (χ1n) is 8.10. The zero-order chi connectivity index (χ0) is 14.7. The van der Waals surface area contributed by atoms with Gasteiger partial charge >= 0.3 is 0 Å². The highest BCUT2D eigenvalue weighted by molar-refractivity contribution is 5.45. The second-order valence-electron chi connectivity index (χ2n) is 6.36. The summed E-state index contributed by atoms with van der Waals surface area (Å²) in [6, 6.07) is 11.5. The molecule has 1 aliphatic carbocycles. The minimum absolute atomic E-state index is 0.584. The van der Waals surface area contributed by atoms with Crippen molar-refractivity contribution in [1.82, 2.24) is 9.78 Å². The van der Waals surface area contributed by atoms with E-state index in [1.54, 1.807) is 0 Å². The van der Waals surface area contributed by atoms with E-state index in [9.17, 15) is 0 Å². The smallest absolute Gasteiger partial charge is 0.0815 e. The fourth-order valence-electron chi connectivity index (χ4n) is 3.02. The van der Waals surface area contributed by atoms with E-state index >= 15 is 0 Å². The Bertz CT molecular complexity index is 562. The second kappa shape index (κ2) is 6.33. The van der Waals surface area contributed by atoms with Crippen LogP contribution >= 0.6 is 0 Å². The normalized spacial score (nSPS) is 15.8. The molecular formula is C18H25N3. The van der Waals surface area contributed by atoms with Crippen molar-refractivity contribution in [3.8, 4) is 0 Å². The maximum absolute atomic E-state index is 4.71. The Morgan fingerprint density at radius 2 is 1.86 bits per heavy atom. The molecule has 0 bridgehead atoms. The lowest BCUT2D eigenvalue weighted by Crippen LogP contribution is -2.07. The molecule has 3 heteroatoms. The summed E-state index contributed by atoms with van der Waals surface area (Å²) in [5.74, 6) is 0.584. The van der Waals surface area contributed by atoms with Crippen LogP contribution in [0.15, 0.2) is 36.5 Å². The lowest BCUT2D eigenvalue weighted by atomic mass is 10.0. The maximum Gasteiger partial charge on any atom is 0.0815 e. The van der Waals surface area contributed by atoms with Crippen LogP contribution in [0.3, 0.4) is 0 Å². The number of hydrogen-bond acceptors (Lipinski definition) is 2. The Hall–Kier alpha value is -1.77. The van der Waals surface area contributed by atoms with Crippen molar-refractivity contribution >= 4 is 5.69 Å². The van der Waals surface area contributed by atoms with Gasteiger partial charge in [-0.15, -0.1) is 0 Å². The first-order chi connectivity index (χ1) is 10.2. The average Bonchev–Trinajstić information content (AvgIpc) is 3.16. The molecule has 1 aromatic heterocycles. The number of nitrogens with one attached hydrogen (secondary N) is 1. The zero-order valence-electron chi connectivity index (χ0n) is 13.0. The summed E-state index contributed by atoms with van der Waals surface area (Å²) in [7, 11) is 0. The predicted octanol–water partition coefficient (Wildman–Crippen LogP) is 4.73. The minimum atomic E-state index is 0.584. The summed E-state index contributed by atoms with van der Waals surface area (Å²) >= 11 is 0. The van der Waals surface area contributed by atoms with Crippen LogP contribution in [0, 0.1) is 0 Å². The Kier molecular flexibility index (Phi) is 4.28. The summed E-state index contributed by atoms with van der Waals surface area (Å²) in [5.41, 5.74) is 3.66. The van der Waals surface area contributed by atoms with Crippen molar-refractivity contribution in [3.63, 3.8) is 0 Å². The van der Waals surface area contributed by atoms with Crippen LogP contribution in [0.5, 0.6) is 0 Å². The largest absolute Gasteiger partial charge is 0.379 e. The van der Waals surface area contributed by atoms with E-state index in [2.05, 4.69) is 60.4 Å². The van der Waals surface area contributed by atoms with E-state index in [1.807, 2.05) is 0 Å². The second-order valence-corrected chi connectivity index (χ2v) is 6.36. The van der Waals surface area contributed by atoms with Gasteiger partial charge in [-0.1, -0.05) is 38.8 Å². The highest BCUT2D eigenvalue weighted by Gasteiger charge is 2.17. The summed E-state index contributed by atoms with van der Waals surface area (Å²) in [5, 5.41) is 8.16. The van der Waals surface area contributed by atoms with Crippen LogP contribution in [-0.2, 0) is 6.54 Å². The van der Waals surface area contributed by atoms with E-state index in [4.69, 9.17) is 5.10 Å². The standard InChI is InChI=1S/C18H25N3/c1-14(2)15-7-9-16(10-8-15)19-13-17-11-12-21(20-17)18-5-3-4-6-18/h7-12,14,18-19H,3-6,13H2,1-2H3. The molecule has 0 spiro atoms. The van der Waals surface area contributed by atoms with Crippen molar-refractivity contribution in [1.29, 1.82) is 0 Å². The highest BCUT2D eigenvalue weighted by atomic mass is 15.3. The number of rotatable bonds is 5. The van der Waals surface area contributed by atoms with Gasteiger partial charge < -0.3 is 5.32 Å². The molecule has 1 N–H and O–H groups in total. The Balaban J connectivity index is 1.57. The van der Waals surface area contributed by atoms with Crippen LogP contribution in [-0.4, -0.2) is 9.78 Å². The Morgan fingerprint density at radius 3 is 2.52 bits per heavy atom. The molecule has 1 aromatic carbocycles. The number of benzene rings is 1. The third-order valence-corrected chi connectivity index (χ3v) is 4.41. The minimum Gasteiger partial charge on any atom is -0.379 e. The lowest BCUT2D eigenvalue weighted by Gasteiger charge is -2.10. The van der Waals surface area contributed by atoms with Gasteiger partial charge in [-0.2, -0.15) is 5.10 Å². The molecule has 1 aliphatic rings. The summed E-state index contributed by atoms with van der Waals surface area (Å²) in [6.07, 6.45) is 7.39. The Labute approximate surface area is 127 Å². The number of nitrogens with zero attached hydrogens (tertiary/aromatic N) is 2. The molecule has 0 unspecified atom stereocenters. The summed E-state index contributed by atoms with van der Waals surface area (Å²) in [4.78, 5) is 0. The van der Waals surface area contributed by atoms with Gasteiger partial charge in [0.15, 0.2) is 0 Å². The third kappa shape index (κ3) is 3.46. The SMILES string of the molecule is CC(C)c1ccc(NCc2ccn(C3CCCC3)n2)cc1. The molecule has 1 heterocycles. The molecule has 0 amide bonds. The van der Waals surface area contributed by atoms with Crippen LogP contribution < -0.4 is 5.32 Å². The molecule has 3 nitrogen and oxygen atoms in total. The first kappa shape index (κ1) is 14.2. The van der Waals surface area contributed by atoms with E-state index in [0.717, 1.165) is 17.9 Å². The van der Waals surface area contributed by atoms with Crippen molar-refractivity contribution in [2.24, 2.45) is 0 Å². The van der Waals surface area contributed by atoms with Crippen LogP contribution in [0.4, 0.5) is 5.69 Å². The van der Waals surface area contributed by atoms with Crippen LogP contribution in [0.25, 0.3) is 0 Å². The number of hydrogen-bond donors (Lipinski definition) is 1. The van der Waals surface area contributed by atoms with Crippen LogP contribution in [0.2, 0.25) is 0 Å². The lowest BCUT2D eigenvalue weighted by molar-refractivity contribution is 0.463. The fraction of sp³-hybridized carbons (Fsp3) is 0.500. The molecule has 0 aliphatic heterocycles. The van der Waals surface area contributed by atoms with Gasteiger partial charge in [0.05, 0.1) is 18.3 Å². The molecule has 1 saturated carbocycles. The monoisotopic (exact) mass is 283 g/mol. The topological polar surface area (TPSA) is 29.9 Å². The number of anilines is 1. The molecule has 21 heavy (non-hydrogen) atoms. The third-order valence-electron chi connectivity index (χ3n) is 4.41. The average molecular weight is 283 g/mol. The van der Waals surface area contributed by atoms with E-state index < -0.39 is 0 Å². The van der Waals surface area contributed by atoms with Crippen molar-refractivity contribution in [2.45, 2.75) is 58.0 Å². The molecule has 3 rings (SSSR count). The van der Waals surface area contributed by atoms with Gasteiger partial charge in [-0.25, -0.2) is 0 Å². The van der Waals surface area contributed by atoms with E-state index in [1.165, 1.54) is 31.2 Å². The highest BCUT2D eigenvalue weighted by Crippen LogP contribution is 2.28. The number of aromatic nitrogens is 2. The van der Waals surface area contributed by atoms with Gasteiger partial charge in [-0.05, 0) is 42.5 Å². The van der Waals surface area contributed by atoms with Gasteiger partial charge in [-0.3, -0.25) is 4.68 Å². The van der Waals surface area contributed by atoms with Gasteiger partial charge in [0.25, 0.3) is 0 Å². The molecule has 0 atom stereocenters. The Morgan fingerprint density at radius 1 is 1.14 bits per heavy atom. The summed E-state index contributed by atoms with van der Waals surface area (Å²) < 4.78 is 2.16. The molecule has 0 saturated heterocycles. The first-order valence-corrected chi connectivity index (χ1v) is 8.10.